The van der Waals surface area contributed by atoms with Crippen LogP contribution in [0, 0.1) is 0 Å². The molecule has 3 nitrogen and oxygen atoms in total. The monoisotopic (exact) mass is 146 g/mol. The lowest BCUT2D eigenvalue weighted by molar-refractivity contribution is -0.147. The maximum absolute atomic E-state index is 8.76. The molecule has 0 aromatic carbocycles. The van der Waals surface area contributed by atoms with Crippen molar-refractivity contribution in [3.05, 3.63) is 0 Å². The Bertz CT molecular complexity index is 122. The zero-order chi connectivity index (χ0) is 7.78. The van der Waals surface area contributed by atoms with Crippen molar-refractivity contribution in [1.82, 2.24) is 0 Å². The van der Waals surface area contributed by atoms with Gasteiger partial charge in [0.05, 0.1) is 12.7 Å². The Hall–Kier alpha value is -0.120. The van der Waals surface area contributed by atoms with Crippen LogP contribution in [0.3, 0.4) is 0 Å². The first-order valence-corrected chi connectivity index (χ1v) is 3.51. The van der Waals surface area contributed by atoms with E-state index in [-0.39, 0.29) is 18.8 Å². The van der Waals surface area contributed by atoms with Crippen LogP contribution in [0.4, 0.5) is 0 Å². The van der Waals surface area contributed by atoms with E-state index in [0.717, 1.165) is 0 Å². The summed E-state index contributed by atoms with van der Waals surface area (Å²) >= 11 is 0. The molecular formula is C7H14O3. The van der Waals surface area contributed by atoms with Crippen LogP contribution in [-0.2, 0) is 9.47 Å². The van der Waals surface area contributed by atoms with Gasteiger partial charge in [0.1, 0.15) is 6.10 Å². The molecule has 1 saturated heterocycles. The van der Waals surface area contributed by atoms with Gasteiger partial charge in [-0.15, -0.1) is 0 Å². The summed E-state index contributed by atoms with van der Waals surface area (Å²) in [4.78, 5) is 0. The van der Waals surface area contributed by atoms with E-state index in [0.29, 0.717) is 0 Å². The molecule has 60 valence electrons. The van der Waals surface area contributed by atoms with Crippen molar-refractivity contribution in [3.8, 4) is 0 Å². The van der Waals surface area contributed by atoms with E-state index in [4.69, 9.17) is 14.6 Å². The summed E-state index contributed by atoms with van der Waals surface area (Å²) < 4.78 is 10.7. The molecule has 3 heteroatoms. The summed E-state index contributed by atoms with van der Waals surface area (Å²) in [6.07, 6.45) is -0.157. The molecule has 0 saturated carbocycles. The first kappa shape index (κ1) is 7.98. The Balaban J connectivity index is 2.52. The molecule has 0 aromatic rings. The van der Waals surface area contributed by atoms with E-state index in [1.54, 1.807) is 0 Å². The summed E-state index contributed by atoms with van der Waals surface area (Å²) in [5.74, 6) is -0.521. The van der Waals surface area contributed by atoms with Gasteiger partial charge in [-0.2, -0.15) is 0 Å². The fourth-order valence-corrected chi connectivity index (χ4v) is 1.20. The predicted molar refractivity (Wildman–Crippen MR) is 36.6 cm³/mol. The van der Waals surface area contributed by atoms with Gasteiger partial charge in [0, 0.05) is 0 Å². The minimum Gasteiger partial charge on any atom is -0.394 e. The van der Waals surface area contributed by atoms with Crippen molar-refractivity contribution in [2.45, 2.75) is 38.8 Å². The van der Waals surface area contributed by atoms with Crippen molar-refractivity contribution >= 4 is 0 Å². The summed E-state index contributed by atoms with van der Waals surface area (Å²) in [5, 5.41) is 8.76. The molecule has 0 amide bonds. The number of rotatable bonds is 1. The van der Waals surface area contributed by atoms with Crippen LogP contribution in [0.15, 0.2) is 0 Å². The van der Waals surface area contributed by atoms with Crippen molar-refractivity contribution in [1.29, 1.82) is 0 Å². The van der Waals surface area contributed by atoms with Gasteiger partial charge in [0.15, 0.2) is 5.79 Å². The summed E-state index contributed by atoms with van der Waals surface area (Å²) in [6, 6.07) is 0. The summed E-state index contributed by atoms with van der Waals surface area (Å²) in [5.41, 5.74) is 0. The van der Waals surface area contributed by atoms with Gasteiger partial charge in [0.2, 0.25) is 0 Å². The molecule has 0 bridgehead atoms. The molecule has 10 heavy (non-hydrogen) atoms. The lowest BCUT2D eigenvalue weighted by atomic mass is 10.2. The molecule has 0 aromatic heterocycles. The molecule has 1 rings (SSSR count). The molecule has 1 aliphatic rings. The van der Waals surface area contributed by atoms with Gasteiger partial charge < -0.3 is 14.6 Å². The Morgan fingerprint density at radius 3 is 2.20 bits per heavy atom. The van der Waals surface area contributed by atoms with Crippen LogP contribution >= 0.6 is 0 Å². The second-order valence-corrected chi connectivity index (χ2v) is 3.06. The first-order chi connectivity index (χ1) is 4.55. The van der Waals surface area contributed by atoms with Crippen LogP contribution in [0.2, 0.25) is 0 Å². The van der Waals surface area contributed by atoms with Crippen LogP contribution in [0.1, 0.15) is 20.8 Å². The topological polar surface area (TPSA) is 38.7 Å². The minimum atomic E-state index is -0.521. The Morgan fingerprint density at radius 1 is 1.40 bits per heavy atom. The largest absolute Gasteiger partial charge is 0.394 e. The van der Waals surface area contributed by atoms with Crippen molar-refractivity contribution in [2.24, 2.45) is 0 Å². The standard InChI is InChI=1S/C7H14O3/c1-5-6(4-8)10-7(2,3)9-5/h5-6,8H,4H2,1-3H3/t5-,6-/m0/s1. The number of ether oxygens (including phenoxy) is 2. The Morgan fingerprint density at radius 2 is 2.00 bits per heavy atom. The Labute approximate surface area is 60.9 Å². The van der Waals surface area contributed by atoms with Crippen LogP contribution in [0.5, 0.6) is 0 Å². The molecule has 1 N–H and O–H groups in total. The van der Waals surface area contributed by atoms with Crippen LogP contribution in [0.25, 0.3) is 0 Å². The fraction of sp³-hybridized carbons (Fsp3) is 1.00. The van der Waals surface area contributed by atoms with Crippen LogP contribution in [-0.4, -0.2) is 29.7 Å². The number of hydrogen-bond acceptors (Lipinski definition) is 3. The molecule has 0 aliphatic carbocycles. The van der Waals surface area contributed by atoms with Gasteiger partial charge in [-0.05, 0) is 20.8 Å². The molecule has 1 aliphatic heterocycles. The van der Waals surface area contributed by atoms with Crippen molar-refractivity contribution in [2.75, 3.05) is 6.61 Å². The first-order valence-electron chi connectivity index (χ1n) is 3.51. The third-order valence-electron chi connectivity index (χ3n) is 1.61. The highest BCUT2D eigenvalue weighted by Crippen LogP contribution is 2.27. The average molecular weight is 146 g/mol. The smallest absolute Gasteiger partial charge is 0.163 e. The highest BCUT2D eigenvalue weighted by Gasteiger charge is 2.37. The fourth-order valence-electron chi connectivity index (χ4n) is 1.20. The van der Waals surface area contributed by atoms with Gasteiger partial charge in [-0.3, -0.25) is 0 Å². The van der Waals surface area contributed by atoms with E-state index in [1.165, 1.54) is 0 Å². The van der Waals surface area contributed by atoms with E-state index in [9.17, 15) is 0 Å². The third kappa shape index (κ3) is 1.48. The van der Waals surface area contributed by atoms with Gasteiger partial charge in [-0.1, -0.05) is 0 Å². The van der Waals surface area contributed by atoms with Crippen molar-refractivity contribution < 1.29 is 14.6 Å². The number of hydrogen-bond donors (Lipinski definition) is 1. The zero-order valence-corrected chi connectivity index (χ0v) is 6.63. The lowest BCUT2D eigenvalue weighted by Crippen LogP contribution is -2.24. The highest BCUT2D eigenvalue weighted by molar-refractivity contribution is 4.76. The number of aliphatic hydroxyl groups is 1. The SMILES string of the molecule is C[C@@H]1OC(C)(C)O[C@H]1CO. The van der Waals surface area contributed by atoms with E-state index < -0.39 is 5.79 Å². The van der Waals surface area contributed by atoms with E-state index in [2.05, 4.69) is 0 Å². The van der Waals surface area contributed by atoms with Gasteiger partial charge in [-0.25, -0.2) is 0 Å². The zero-order valence-electron chi connectivity index (χ0n) is 6.63. The summed E-state index contributed by atoms with van der Waals surface area (Å²) in [6.45, 7) is 5.62. The normalized spacial score (nSPS) is 38.4. The van der Waals surface area contributed by atoms with Crippen LogP contribution < -0.4 is 0 Å². The summed E-state index contributed by atoms with van der Waals surface area (Å²) in [7, 11) is 0. The lowest BCUT2D eigenvalue weighted by Gasteiger charge is -2.15. The van der Waals surface area contributed by atoms with E-state index in [1.807, 2.05) is 20.8 Å². The highest BCUT2D eigenvalue weighted by atomic mass is 16.8. The number of aliphatic hydroxyl groups excluding tert-OH is 1. The maximum atomic E-state index is 8.76. The van der Waals surface area contributed by atoms with E-state index >= 15 is 0 Å². The molecule has 1 fully saturated rings. The molecule has 0 unspecified atom stereocenters. The Kier molecular flexibility index (Phi) is 1.99. The third-order valence-corrected chi connectivity index (χ3v) is 1.61. The quantitative estimate of drug-likeness (QED) is 0.586. The van der Waals surface area contributed by atoms with Gasteiger partial charge in [0.25, 0.3) is 0 Å². The molecular weight excluding hydrogens is 132 g/mol. The average Bonchev–Trinajstić information content (AvgIpc) is 2.05. The predicted octanol–water partition coefficient (Wildman–Crippen LogP) is 0.519. The minimum absolute atomic E-state index is 0.000000000000000222. The second kappa shape index (κ2) is 2.49. The van der Waals surface area contributed by atoms with Crippen molar-refractivity contribution in [3.63, 3.8) is 0 Å². The molecule has 0 spiro atoms. The second-order valence-electron chi connectivity index (χ2n) is 3.06. The molecule has 2 atom stereocenters. The molecule has 1 heterocycles. The molecule has 0 radical (unpaired) electrons. The van der Waals surface area contributed by atoms with Gasteiger partial charge >= 0.3 is 0 Å². The maximum Gasteiger partial charge on any atom is 0.163 e.